The van der Waals surface area contributed by atoms with Gasteiger partial charge in [-0.2, -0.15) is 0 Å². The molecule has 0 aliphatic carbocycles. The van der Waals surface area contributed by atoms with Gasteiger partial charge in [-0.25, -0.2) is 4.99 Å². The summed E-state index contributed by atoms with van der Waals surface area (Å²) in [4.78, 5) is 15.3. The molecule has 1 fully saturated rings. The molecule has 0 aromatic heterocycles. The third kappa shape index (κ3) is 2.24. The maximum atomic E-state index is 11.7. The van der Waals surface area contributed by atoms with Crippen LogP contribution >= 0.6 is 12.2 Å². The Balaban J connectivity index is 0.00000112. The van der Waals surface area contributed by atoms with Crippen LogP contribution in [0.5, 0.6) is 0 Å². The minimum atomic E-state index is -1.01. The number of nitrogens with one attached hydrogen (secondary N) is 1. The Morgan fingerprint density at radius 2 is 2.07 bits per heavy atom. The van der Waals surface area contributed by atoms with Crippen molar-refractivity contribution >= 4 is 29.1 Å². The van der Waals surface area contributed by atoms with Crippen molar-refractivity contribution in [2.75, 3.05) is 13.2 Å². The number of nitrogens with zero attached hydrogens (tertiary/aromatic N) is 1. The van der Waals surface area contributed by atoms with Gasteiger partial charge < -0.3 is 15.2 Å². The molecule has 0 aromatic rings. The van der Waals surface area contributed by atoms with Gasteiger partial charge in [-0.1, -0.05) is 0 Å². The van der Waals surface area contributed by atoms with Crippen LogP contribution in [0.3, 0.4) is 0 Å². The van der Waals surface area contributed by atoms with Crippen molar-refractivity contribution in [2.24, 2.45) is 10.4 Å². The summed E-state index contributed by atoms with van der Waals surface area (Å²) in [7, 11) is 0. The minimum absolute atomic E-state index is 0. The summed E-state index contributed by atoms with van der Waals surface area (Å²) < 4.78 is 5.11. The Labute approximate surface area is 115 Å². The Bertz CT molecular complexity index is 326. The van der Waals surface area contributed by atoms with Gasteiger partial charge in [0, 0.05) is 13.2 Å². The molecule has 2 rings (SSSR count). The normalized spacial score (nSPS) is 24.1. The first-order valence-corrected chi connectivity index (χ1v) is 4.75. The average molecular weight is 236 g/mol. The van der Waals surface area contributed by atoms with E-state index in [9.17, 15) is 9.90 Å². The summed E-state index contributed by atoms with van der Waals surface area (Å²) in [5.41, 5.74) is -1.01. The summed E-state index contributed by atoms with van der Waals surface area (Å²) in [5, 5.41) is 14.0. The molecule has 15 heavy (non-hydrogen) atoms. The van der Waals surface area contributed by atoms with Crippen molar-refractivity contribution in [2.45, 2.75) is 12.8 Å². The summed E-state index contributed by atoms with van der Waals surface area (Å²) in [6.07, 6.45) is 0.785. The van der Waals surface area contributed by atoms with Crippen molar-refractivity contribution in [1.82, 2.24) is 5.32 Å². The van der Waals surface area contributed by atoms with E-state index in [-0.39, 0.29) is 40.6 Å². The van der Waals surface area contributed by atoms with Crippen LogP contribution in [0.2, 0.25) is 0 Å². The van der Waals surface area contributed by atoms with E-state index in [0.29, 0.717) is 26.1 Å². The van der Waals surface area contributed by atoms with Crippen LogP contribution in [0.4, 0.5) is 0 Å². The zero-order valence-corrected chi connectivity index (χ0v) is 11.2. The van der Waals surface area contributed by atoms with Crippen molar-refractivity contribution < 1.29 is 44.2 Å². The van der Waals surface area contributed by atoms with E-state index in [1.165, 1.54) is 0 Å². The van der Waals surface area contributed by atoms with Gasteiger partial charge in [-0.3, -0.25) is 4.79 Å². The monoisotopic (exact) mass is 236 g/mol. The van der Waals surface area contributed by atoms with Gasteiger partial charge in [-0.05, 0) is 31.0 Å². The van der Waals surface area contributed by atoms with Crippen LogP contribution in [0.25, 0.3) is 0 Å². The molecule has 1 spiro atoms. The number of rotatable bonds is 0. The van der Waals surface area contributed by atoms with Crippen molar-refractivity contribution in [3.63, 3.8) is 0 Å². The van der Waals surface area contributed by atoms with E-state index in [1.54, 1.807) is 0 Å². The Morgan fingerprint density at radius 3 is 2.60 bits per heavy atom. The third-order valence-corrected chi connectivity index (χ3v) is 2.81. The molecule has 5 nitrogen and oxygen atoms in total. The number of thiocarbonyl (C=S) groups is 1. The fourth-order valence-electron chi connectivity index (χ4n) is 1.70. The number of carbonyl (C=O) groups is 1. The smallest absolute Gasteiger partial charge is 0.861 e. The summed E-state index contributed by atoms with van der Waals surface area (Å²) >= 11 is 4.66. The van der Waals surface area contributed by atoms with E-state index in [2.05, 4.69) is 22.5 Å². The largest absolute Gasteiger partial charge is 1.00 e. The first-order valence-electron chi connectivity index (χ1n) is 4.34. The predicted octanol–water partition coefficient (Wildman–Crippen LogP) is -4.04. The Hall–Kier alpha value is -0.0100. The molecular formula is C8H9N2NaO3S. The quantitative estimate of drug-likeness (QED) is 0.343. The summed E-state index contributed by atoms with van der Waals surface area (Å²) in [5.74, 6) is -0.750. The van der Waals surface area contributed by atoms with Crippen LogP contribution in [-0.2, 0) is 9.53 Å². The minimum Gasteiger partial charge on any atom is -0.861 e. The molecule has 2 heterocycles. The second kappa shape index (κ2) is 4.88. The number of amides is 1. The number of hydrogen-bond acceptors (Lipinski definition) is 4. The maximum absolute atomic E-state index is 11.7. The van der Waals surface area contributed by atoms with Crippen molar-refractivity contribution in [1.29, 1.82) is 0 Å². The fraction of sp³-hybridized carbons (Fsp3) is 0.625. The van der Waals surface area contributed by atoms with E-state index in [1.807, 2.05) is 0 Å². The molecule has 0 saturated carbocycles. The van der Waals surface area contributed by atoms with Gasteiger partial charge in [0.2, 0.25) is 5.91 Å². The maximum Gasteiger partial charge on any atom is 1.00 e. The predicted molar refractivity (Wildman–Crippen MR) is 50.7 cm³/mol. The van der Waals surface area contributed by atoms with Gasteiger partial charge in [0.05, 0.1) is 5.41 Å². The van der Waals surface area contributed by atoms with Crippen molar-refractivity contribution in [3.05, 3.63) is 0 Å². The van der Waals surface area contributed by atoms with E-state index in [4.69, 9.17) is 4.74 Å². The number of ether oxygens (including phenoxy) is 1. The van der Waals surface area contributed by atoms with Gasteiger partial charge in [0.25, 0.3) is 0 Å². The van der Waals surface area contributed by atoms with Crippen molar-refractivity contribution in [3.8, 4) is 0 Å². The fourth-order valence-corrected chi connectivity index (χ4v) is 1.88. The summed E-state index contributed by atoms with van der Waals surface area (Å²) in [6.45, 7) is 0.836. The molecule has 0 unspecified atom stereocenters. The molecule has 1 saturated heterocycles. The standard InChI is InChI=1S/C8H10N2O3S.Na/c11-5-8(1-3-13-4-2-8)6(12)10-7(14)9-5;/h1-4H2,(H2,9,10,11,12,14);/q;+1/p-1. The Morgan fingerprint density at radius 1 is 1.47 bits per heavy atom. The van der Waals surface area contributed by atoms with E-state index in [0.717, 1.165) is 0 Å². The van der Waals surface area contributed by atoms with Gasteiger partial charge in [-0.15, -0.1) is 0 Å². The molecule has 2 aliphatic heterocycles. The zero-order chi connectivity index (χ0) is 10.2. The van der Waals surface area contributed by atoms with Crippen LogP contribution in [-0.4, -0.2) is 30.1 Å². The molecule has 1 amide bonds. The van der Waals surface area contributed by atoms with Gasteiger partial charge >= 0.3 is 29.6 Å². The second-order valence-electron chi connectivity index (χ2n) is 3.37. The molecular weight excluding hydrogens is 227 g/mol. The zero-order valence-electron chi connectivity index (χ0n) is 8.41. The van der Waals surface area contributed by atoms with E-state index < -0.39 is 11.3 Å². The molecule has 76 valence electrons. The summed E-state index contributed by atoms with van der Waals surface area (Å²) in [6, 6.07) is 0. The van der Waals surface area contributed by atoms with Crippen LogP contribution < -0.4 is 40.0 Å². The number of hydrogen-bond donors (Lipinski definition) is 1. The van der Waals surface area contributed by atoms with Crippen LogP contribution in [0, 0.1) is 5.41 Å². The Kier molecular flexibility index (Phi) is 4.25. The molecule has 0 radical (unpaired) electrons. The average Bonchev–Trinajstić information content (AvgIpc) is 2.16. The topological polar surface area (TPSA) is 73.8 Å². The number of carbonyl (C=O) groups excluding carboxylic acids is 1. The van der Waals surface area contributed by atoms with Gasteiger partial charge in [0.1, 0.15) is 0 Å². The second-order valence-corrected chi connectivity index (χ2v) is 3.76. The van der Waals surface area contributed by atoms with Crippen LogP contribution in [0.15, 0.2) is 4.99 Å². The molecule has 7 heteroatoms. The van der Waals surface area contributed by atoms with E-state index >= 15 is 0 Å². The molecule has 0 atom stereocenters. The molecule has 1 N–H and O–H groups in total. The SMILES string of the molecule is O=C1NC(=S)N=C([O-])C12CCOCC2.[Na+]. The van der Waals surface area contributed by atoms with Crippen LogP contribution in [0.1, 0.15) is 12.8 Å². The molecule has 0 bridgehead atoms. The first kappa shape index (κ1) is 13.1. The van der Waals surface area contributed by atoms with Gasteiger partial charge in [0.15, 0.2) is 5.11 Å². The molecule has 0 aromatic carbocycles. The third-order valence-electron chi connectivity index (χ3n) is 2.61. The molecule has 2 aliphatic rings. The first-order chi connectivity index (χ1) is 6.65. The number of aliphatic imine (C=N–C) groups is 1.